The second-order valence-electron chi connectivity index (χ2n) is 8.19. The van der Waals surface area contributed by atoms with Gasteiger partial charge in [-0.15, -0.1) is 5.10 Å². The Hall–Kier alpha value is -3.60. The van der Waals surface area contributed by atoms with Gasteiger partial charge in [0.2, 0.25) is 0 Å². The number of carbonyl (C=O) groups excluding carboxylic acids is 1. The van der Waals surface area contributed by atoms with E-state index in [9.17, 15) is 4.79 Å². The van der Waals surface area contributed by atoms with E-state index >= 15 is 0 Å². The molecule has 168 valence electrons. The molecule has 0 radical (unpaired) electrons. The number of allylic oxidation sites excluding steroid dienone is 7. The van der Waals surface area contributed by atoms with Crippen LogP contribution < -0.4 is 0 Å². The Labute approximate surface area is 195 Å². The molecule has 2 atom stereocenters. The first-order valence-corrected chi connectivity index (χ1v) is 11.5. The Morgan fingerprint density at radius 2 is 2.06 bits per heavy atom. The first-order valence-electron chi connectivity index (χ1n) is 11.5. The molecule has 0 N–H and O–H groups in total. The third-order valence-corrected chi connectivity index (χ3v) is 5.94. The van der Waals surface area contributed by atoms with E-state index in [0.717, 1.165) is 41.7 Å². The third kappa shape index (κ3) is 5.61. The molecule has 0 spiro atoms. The first-order chi connectivity index (χ1) is 16.2. The second kappa shape index (κ2) is 10.8. The molecule has 2 aromatic rings. The molecule has 0 saturated heterocycles. The standard InChI is InChI=1S/C28H29N3O2/c1-3-33-28(32)20(2)21-14-16-22(17-15-21)25-18-26(31-29-19-25)30-27(23-10-6-4-7-11-23)24-12-8-5-9-13-24/h4-8,10-11,13-16,18-20,22H,3,9,12,17H2,1-2H3. The van der Waals surface area contributed by atoms with Crippen LogP contribution >= 0.6 is 0 Å². The fourth-order valence-corrected chi connectivity index (χ4v) is 4.06. The Balaban J connectivity index is 1.56. The van der Waals surface area contributed by atoms with Gasteiger partial charge in [-0.05, 0) is 55.9 Å². The number of nitrogens with zero attached hydrogens (tertiary/aromatic N) is 3. The van der Waals surface area contributed by atoms with Gasteiger partial charge in [0.15, 0.2) is 5.82 Å². The lowest BCUT2D eigenvalue weighted by Crippen LogP contribution is -2.17. The molecule has 5 nitrogen and oxygen atoms in total. The molecule has 0 aliphatic heterocycles. The zero-order chi connectivity index (χ0) is 23.0. The molecule has 2 aliphatic carbocycles. The quantitative estimate of drug-likeness (QED) is 0.300. The van der Waals surface area contributed by atoms with Crippen LogP contribution in [-0.2, 0) is 9.53 Å². The Bertz CT molecular complexity index is 1140. The van der Waals surface area contributed by atoms with Crippen LogP contribution in [0.5, 0.6) is 0 Å². The van der Waals surface area contributed by atoms with E-state index in [0.29, 0.717) is 12.4 Å². The van der Waals surface area contributed by atoms with Gasteiger partial charge in [0.25, 0.3) is 0 Å². The van der Waals surface area contributed by atoms with Gasteiger partial charge < -0.3 is 4.74 Å². The predicted molar refractivity (Wildman–Crippen MR) is 132 cm³/mol. The molecule has 1 aromatic heterocycles. The van der Waals surface area contributed by atoms with Gasteiger partial charge in [-0.2, -0.15) is 5.10 Å². The molecule has 1 aromatic carbocycles. The maximum Gasteiger partial charge on any atom is 0.313 e. The summed E-state index contributed by atoms with van der Waals surface area (Å²) in [6.07, 6.45) is 17.2. The summed E-state index contributed by atoms with van der Waals surface area (Å²) in [5.41, 5.74) is 5.27. The smallest absolute Gasteiger partial charge is 0.313 e. The van der Waals surface area contributed by atoms with Gasteiger partial charge in [-0.1, -0.05) is 66.8 Å². The number of rotatable bonds is 7. The highest BCUT2D eigenvalue weighted by molar-refractivity contribution is 6.13. The van der Waals surface area contributed by atoms with Crippen LogP contribution in [-0.4, -0.2) is 28.5 Å². The van der Waals surface area contributed by atoms with E-state index in [2.05, 4.69) is 52.7 Å². The largest absolute Gasteiger partial charge is 0.466 e. The highest BCUT2D eigenvalue weighted by atomic mass is 16.5. The van der Waals surface area contributed by atoms with Crippen molar-refractivity contribution in [1.29, 1.82) is 0 Å². The average Bonchev–Trinajstić information content (AvgIpc) is 2.88. The van der Waals surface area contributed by atoms with Crippen LogP contribution in [0.1, 0.15) is 50.2 Å². The van der Waals surface area contributed by atoms with Gasteiger partial charge >= 0.3 is 5.97 Å². The minimum Gasteiger partial charge on any atom is -0.466 e. The Kier molecular flexibility index (Phi) is 7.40. The highest BCUT2D eigenvalue weighted by Crippen LogP contribution is 2.31. The number of hydrogen-bond donors (Lipinski definition) is 0. The van der Waals surface area contributed by atoms with Crippen LogP contribution in [0.3, 0.4) is 0 Å². The third-order valence-electron chi connectivity index (χ3n) is 5.94. The van der Waals surface area contributed by atoms with E-state index in [1.165, 1.54) is 5.57 Å². The molecule has 1 heterocycles. The lowest BCUT2D eigenvalue weighted by atomic mass is 9.87. The summed E-state index contributed by atoms with van der Waals surface area (Å²) in [7, 11) is 0. The molecule has 0 bridgehead atoms. The van der Waals surface area contributed by atoms with Crippen molar-refractivity contribution in [2.45, 2.75) is 39.0 Å². The molecule has 0 amide bonds. The summed E-state index contributed by atoms with van der Waals surface area (Å²) in [6, 6.07) is 12.2. The van der Waals surface area contributed by atoms with E-state index in [4.69, 9.17) is 9.73 Å². The predicted octanol–water partition coefficient (Wildman–Crippen LogP) is 6.04. The van der Waals surface area contributed by atoms with Gasteiger partial charge in [-0.25, -0.2) is 4.99 Å². The SMILES string of the molecule is CCOC(=O)C(C)C1=CCC(c2cnnc(N=C(C3=CCC=CC3)c3ccccc3)c2)C=C1. The first kappa shape index (κ1) is 22.6. The average molecular weight is 440 g/mol. The zero-order valence-corrected chi connectivity index (χ0v) is 19.1. The molecule has 0 fully saturated rings. The molecular formula is C28H29N3O2. The van der Waals surface area contributed by atoms with Crippen molar-refractivity contribution >= 4 is 17.5 Å². The van der Waals surface area contributed by atoms with Crippen LogP contribution in [0.15, 0.2) is 95.2 Å². The summed E-state index contributed by atoms with van der Waals surface area (Å²) in [5, 5.41) is 8.54. The number of esters is 1. The van der Waals surface area contributed by atoms with Crippen molar-refractivity contribution in [2.75, 3.05) is 6.61 Å². The maximum atomic E-state index is 12.0. The van der Waals surface area contributed by atoms with Crippen molar-refractivity contribution < 1.29 is 9.53 Å². The van der Waals surface area contributed by atoms with Gasteiger partial charge in [-0.3, -0.25) is 4.79 Å². The number of hydrogen-bond acceptors (Lipinski definition) is 5. The minimum absolute atomic E-state index is 0.171. The van der Waals surface area contributed by atoms with Crippen LogP contribution in [0.4, 0.5) is 5.82 Å². The number of ether oxygens (including phenoxy) is 1. The van der Waals surface area contributed by atoms with Crippen LogP contribution in [0.25, 0.3) is 0 Å². The van der Waals surface area contributed by atoms with Gasteiger partial charge in [0.05, 0.1) is 24.4 Å². The Morgan fingerprint density at radius 3 is 2.76 bits per heavy atom. The number of benzene rings is 1. The molecule has 0 saturated carbocycles. The van der Waals surface area contributed by atoms with E-state index in [1.54, 1.807) is 6.20 Å². The van der Waals surface area contributed by atoms with Crippen molar-refractivity contribution in [2.24, 2.45) is 10.9 Å². The van der Waals surface area contributed by atoms with E-state index < -0.39 is 0 Å². The molecular weight excluding hydrogens is 410 g/mol. The summed E-state index contributed by atoms with van der Waals surface area (Å²) in [4.78, 5) is 17.0. The van der Waals surface area contributed by atoms with Crippen molar-refractivity contribution in [3.8, 4) is 0 Å². The van der Waals surface area contributed by atoms with Crippen LogP contribution in [0, 0.1) is 5.92 Å². The minimum atomic E-state index is -0.260. The van der Waals surface area contributed by atoms with E-state index in [1.807, 2.05) is 44.2 Å². The summed E-state index contributed by atoms with van der Waals surface area (Å²) >= 11 is 0. The monoisotopic (exact) mass is 439 g/mol. The van der Waals surface area contributed by atoms with E-state index in [-0.39, 0.29) is 17.8 Å². The molecule has 2 aliphatic rings. The van der Waals surface area contributed by atoms with Crippen molar-refractivity contribution in [3.63, 3.8) is 0 Å². The number of aromatic nitrogens is 2. The molecule has 33 heavy (non-hydrogen) atoms. The lowest BCUT2D eigenvalue weighted by molar-refractivity contribution is -0.145. The fourth-order valence-electron chi connectivity index (χ4n) is 4.06. The summed E-state index contributed by atoms with van der Waals surface area (Å²) < 4.78 is 5.15. The van der Waals surface area contributed by atoms with Gasteiger partial charge in [0.1, 0.15) is 0 Å². The lowest BCUT2D eigenvalue weighted by Gasteiger charge is -2.19. The summed E-state index contributed by atoms with van der Waals surface area (Å²) in [5.74, 6) is 0.327. The maximum absolute atomic E-state index is 12.0. The molecule has 5 heteroatoms. The molecule has 2 unspecified atom stereocenters. The fraction of sp³-hybridized carbons (Fsp3) is 0.286. The number of aliphatic imine (C=N–C) groups is 1. The number of carbonyl (C=O) groups is 1. The van der Waals surface area contributed by atoms with Crippen molar-refractivity contribution in [3.05, 3.63) is 101 Å². The topological polar surface area (TPSA) is 64.4 Å². The van der Waals surface area contributed by atoms with Gasteiger partial charge in [0, 0.05) is 11.5 Å². The second-order valence-corrected chi connectivity index (χ2v) is 8.19. The zero-order valence-electron chi connectivity index (χ0n) is 19.1. The van der Waals surface area contributed by atoms with Crippen molar-refractivity contribution in [1.82, 2.24) is 10.2 Å². The molecule has 4 rings (SSSR count). The summed E-state index contributed by atoms with van der Waals surface area (Å²) in [6.45, 7) is 4.11. The highest BCUT2D eigenvalue weighted by Gasteiger charge is 2.21. The van der Waals surface area contributed by atoms with Crippen LogP contribution in [0.2, 0.25) is 0 Å². The normalized spacial score (nSPS) is 19.0. The Morgan fingerprint density at radius 1 is 1.21 bits per heavy atom.